The molecule has 8 heteroatoms. The molecule has 6 nitrogen and oxygen atoms in total. The normalized spacial score (nSPS) is 11.1. The number of hydrogen-bond donors (Lipinski definition) is 1. The number of H-pyrrole nitrogens is 1. The minimum Gasteiger partial charge on any atom is -0.486 e. The Kier molecular flexibility index (Phi) is 5.60. The Hall–Kier alpha value is -2.77. The first-order chi connectivity index (χ1) is 14.0. The summed E-state index contributed by atoms with van der Waals surface area (Å²) in [6.45, 7) is 2.37. The number of pyridine rings is 1. The van der Waals surface area contributed by atoms with Crippen LogP contribution in [0.1, 0.15) is 17.1 Å². The van der Waals surface area contributed by atoms with Crippen LogP contribution < -0.4 is 10.2 Å². The zero-order valence-electron chi connectivity index (χ0n) is 16.0. The molecule has 0 saturated heterocycles. The standard InChI is InChI=1S/C21H19ClN4O2S/c1-13-3-6-16(7-4-13)28-11-20-24-25-21(26(20)2)29-12-15-10-19(27)17-9-14(22)5-8-18(17)23-15/h3-10H,11-12H2,1-2H3,(H,23,27). The van der Waals surface area contributed by atoms with Crippen LogP contribution in [0.5, 0.6) is 5.75 Å². The third-order valence-electron chi connectivity index (χ3n) is 4.52. The molecule has 0 aliphatic heterocycles. The first-order valence-electron chi connectivity index (χ1n) is 9.01. The molecule has 0 aliphatic carbocycles. The first kappa shape index (κ1) is 19.5. The zero-order chi connectivity index (χ0) is 20.4. The highest BCUT2D eigenvalue weighted by molar-refractivity contribution is 7.98. The maximum absolute atomic E-state index is 12.3. The lowest BCUT2D eigenvalue weighted by atomic mass is 10.2. The molecule has 0 bridgehead atoms. The molecule has 0 unspecified atom stereocenters. The van der Waals surface area contributed by atoms with Crippen molar-refractivity contribution in [2.24, 2.45) is 7.05 Å². The van der Waals surface area contributed by atoms with Gasteiger partial charge in [-0.15, -0.1) is 10.2 Å². The predicted molar refractivity (Wildman–Crippen MR) is 116 cm³/mol. The Balaban J connectivity index is 1.44. The van der Waals surface area contributed by atoms with Gasteiger partial charge in [0.15, 0.2) is 16.4 Å². The number of aryl methyl sites for hydroxylation is 1. The molecule has 1 N–H and O–H groups in total. The number of benzene rings is 2. The highest BCUT2D eigenvalue weighted by atomic mass is 35.5. The molecule has 4 rings (SSSR count). The summed E-state index contributed by atoms with van der Waals surface area (Å²) in [7, 11) is 1.90. The minimum absolute atomic E-state index is 0.0537. The number of rotatable bonds is 6. The van der Waals surface area contributed by atoms with Crippen LogP contribution in [-0.2, 0) is 19.4 Å². The number of aromatic nitrogens is 4. The lowest BCUT2D eigenvalue weighted by Gasteiger charge is -2.07. The number of nitrogens with zero attached hydrogens (tertiary/aromatic N) is 3. The van der Waals surface area contributed by atoms with Crippen molar-refractivity contribution in [2.45, 2.75) is 24.4 Å². The summed E-state index contributed by atoms with van der Waals surface area (Å²) in [5.41, 5.74) is 2.71. The van der Waals surface area contributed by atoms with Crippen LogP contribution in [0, 0.1) is 6.92 Å². The van der Waals surface area contributed by atoms with Crippen molar-refractivity contribution in [3.8, 4) is 5.75 Å². The highest BCUT2D eigenvalue weighted by Gasteiger charge is 2.11. The van der Waals surface area contributed by atoms with Gasteiger partial charge in [-0.1, -0.05) is 41.1 Å². The molecule has 0 saturated carbocycles. The Bertz CT molecular complexity index is 1220. The Labute approximate surface area is 176 Å². The van der Waals surface area contributed by atoms with Crippen LogP contribution in [0.3, 0.4) is 0 Å². The van der Waals surface area contributed by atoms with Crippen molar-refractivity contribution < 1.29 is 4.74 Å². The molecule has 4 aromatic rings. The van der Waals surface area contributed by atoms with E-state index in [9.17, 15) is 4.79 Å². The van der Waals surface area contributed by atoms with Gasteiger partial charge in [0.05, 0.1) is 0 Å². The summed E-state index contributed by atoms with van der Waals surface area (Å²) in [5, 5.41) is 10.3. The van der Waals surface area contributed by atoms with Gasteiger partial charge in [0.1, 0.15) is 12.4 Å². The molecule has 0 amide bonds. The molecule has 0 atom stereocenters. The van der Waals surface area contributed by atoms with Crippen molar-refractivity contribution in [1.29, 1.82) is 0 Å². The molecule has 2 heterocycles. The topological polar surface area (TPSA) is 72.8 Å². The van der Waals surface area contributed by atoms with Gasteiger partial charge in [-0.05, 0) is 37.3 Å². The van der Waals surface area contributed by atoms with E-state index in [2.05, 4.69) is 15.2 Å². The van der Waals surface area contributed by atoms with Gasteiger partial charge in [-0.25, -0.2) is 0 Å². The van der Waals surface area contributed by atoms with E-state index in [0.717, 1.165) is 27.9 Å². The SMILES string of the molecule is Cc1ccc(OCc2nnc(SCc3cc(=O)c4cc(Cl)ccc4[nH]3)n2C)cc1. The van der Waals surface area contributed by atoms with Gasteiger partial charge < -0.3 is 14.3 Å². The van der Waals surface area contributed by atoms with E-state index >= 15 is 0 Å². The van der Waals surface area contributed by atoms with Crippen LogP contribution >= 0.6 is 23.4 Å². The van der Waals surface area contributed by atoms with Crippen molar-refractivity contribution in [1.82, 2.24) is 19.7 Å². The van der Waals surface area contributed by atoms with Crippen LogP contribution in [0.2, 0.25) is 5.02 Å². The van der Waals surface area contributed by atoms with E-state index in [1.54, 1.807) is 18.2 Å². The molecular formula is C21H19ClN4O2S. The van der Waals surface area contributed by atoms with Crippen LogP contribution in [0.15, 0.2) is 58.5 Å². The number of thioether (sulfide) groups is 1. The quantitative estimate of drug-likeness (QED) is 0.460. The summed E-state index contributed by atoms with van der Waals surface area (Å²) in [6.07, 6.45) is 0. The molecule has 0 aliphatic rings. The van der Waals surface area contributed by atoms with E-state index in [0.29, 0.717) is 22.8 Å². The molecule has 2 aromatic carbocycles. The largest absolute Gasteiger partial charge is 0.486 e. The summed E-state index contributed by atoms with van der Waals surface area (Å²) in [5.74, 6) is 2.09. The second-order valence-corrected chi connectivity index (χ2v) is 8.08. The number of halogens is 1. The lowest BCUT2D eigenvalue weighted by Crippen LogP contribution is -2.05. The van der Waals surface area contributed by atoms with Gasteiger partial charge in [-0.3, -0.25) is 4.79 Å². The van der Waals surface area contributed by atoms with Crippen LogP contribution in [-0.4, -0.2) is 19.7 Å². The summed E-state index contributed by atoms with van der Waals surface area (Å²) in [6, 6.07) is 14.7. The Morgan fingerprint density at radius 3 is 2.72 bits per heavy atom. The number of nitrogens with one attached hydrogen (secondary N) is 1. The van der Waals surface area contributed by atoms with Gasteiger partial charge in [0, 0.05) is 40.5 Å². The smallest absolute Gasteiger partial charge is 0.191 e. The number of fused-ring (bicyclic) bond motifs is 1. The fraction of sp³-hybridized carbons (Fsp3) is 0.190. The second-order valence-electron chi connectivity index (χ2n) is 6.70. The molecule has 0 spiro atoms. The molecule has 0 radical (unpaired) electrons. The fourth-order valence-electron chi connectivity index (χ4n) is 2.87. The molecule has 0 fully saturated rings. The van der Waals surface area contributed by atoms with Gasteiger partial charge in [0.2, 0.25) is 0 Å². The van der Waals surface area contributed by atoms with E-state index < -0.39 is 0 Å². The molecule has 29 heavy (non-hydrogen) atoms. The van der Waals surface area contributed by atoms with Crippen LogP contribution in [0.4, 0.5) is 0 Å². The summed E-state index contributed by atoms with van der Waals surface area (Å²) < 4.78 is 7.69. The molecule has 2 aromatic heterocycles. The van der Waals surface area contributed by atoms with Crippen molar-refractivity contribution in [2.75, 3.05) is 0 Å². The maximum Gasteiger partial charge on any atom is 0.191 e. The summed E-state index contributed by atoms with van der Waals surface area (Å²) in [4.78, 5) is 15.6. The zero-order valence-corrected chi connectivity index (χ0v) is 17.5. The first-order valence-corrected chi connectivity index (χ1v) is 10.4. The Morgan fingerprint density at radius 1 is 1.14 bits per heavy atom. The Morgan fingerprint density at radius 2 is 1.93 bits per heavy atom. The van der Waals surface area contributed by atoms with Gasteiger partial charge >= 0.3 is 0 Å². The molecular weight excluding hydrogens is 408 g/mol. The number of ether oxygens (including phenoxy) is 1. The number of aromatic amines is 1. The van der Waals surface area contributed by atoms with E-state index in [1.165, 1.54) is 17.3 Å². The van der Waals surface area contributed by atoms with E-state index in [4.69, 9.17) is 16.3 Å². The average Bonchev–Trinajstić information content (AvgIpc) is 3.06. The van der Waals surface area contributed by atoms with Crippen molar-refractivity contribution in [3.63, 3.8) is 0 Å². The van der Waals surface area contributed by atoms with Crippen LogP contribution in [0.25, 0.3) is 10.9 Å². The van der Waals surface area contributed by atoms with Crippen molar-refractivity contribution in [3.05, 3.63) is 80.9 Å². The van der Waals surface area contributed by atoms with Gasteiger partial charge in [0.25, 0.3) is 0 Å². The monoisotopic (exact) mass is 426 g/mol. The third-order valence-corrected chi connectivity index (χ3v) is 5.82. The molecule has 148 valence electrons. The van der Waals surface area contributed by atoms with E-state index in [-0.39, 0.29) is 5.43 Å². The maximum atomic E-state index is 12.3. The summed E-state index contributed by atoms with van der Waals surface area (Å²) >= 11 is 7.48. The van der Waals surface area contributed by atoms with Gasteiger partial charge in [-0.2, -0.15) is 0 Å². The third kappa shape index (κ3) is 4.46. The average molecular weight is 427 g/mol. The van der Waals surface area contributed by atoms with E-state index in [1.807, 2.05) is 48.9 Å². The predicted octanol–water partition coefficient (Wildman–Crippen LogP) is 4.49. The van der Waals surface area contributed by atoms with Crippen molar-refractivity contribution >= 4 is 34.3 Å². The second kappa shape index (κ2) is 8.31. The highest BCUT2D eigenvalue weighted by Crippen LogP contribution is 2.22. The lowest BCUT2D eigenvalue weighted by molar-refractivity contribution is 0.290. The fourth-order valence-corrected chi connectivity index (χ4v) is 3.88. The number of hydrogen-bond acceptors (Lipinski definition) is 5. The minimum atomic E-state index is -0.0537.